The highest BCUT2D eigenvalue weighted by Gasteiger charge is 2.21. The lowest BCUT2D eigenvalue weighted by Gasteiger charge is -2.33. The molecule has 1 fully saturated rings. The number of halogens is 1. The topological polar surface area (TPSA) is 77.6 Å². The molecule has 9 heteroatoms. The van der Waals surface area contributed by atoms with Crippen molar-refractivity contribution in [3.63, 3.8) is 0 Å². The Kier molecular flexibility index (Phi) is 7.90. The number of piperazine rings is 1. The third-order valence-electron chi connectivity index (χ3n) is 6.17. The van der Waals surface area contributed by atoms with Crippen molar-refractivity contribution >= 4 is 34.0 Å². The molecule has 1 aliphatic rings. The van der Waals surface area contributed by atoms with E-state index < -0.39 is 0 Å². The molecule has 0 radical (unpaired) electrons. The Bertz CT molecular complexity index is 1220. The van der Waals surface area contributed by atoms with Gasteiger partial charge in [0.05, 0.1) is 18.8 Å². The van der Waals surface area contributed by atoms with Crippen LogP contribution in [0.5, 0.6) is 0 Å². The quantitative estimate of drug-likeness (QED) is 0.517. The van der Waals surface area contributed by atoms with Crippen LogP contribution in [0.1, 0.15) is 16.7 Å². The van der Waals surface area contributed by atoms with Gasteiger partial charge in [0.15, 0.2) is 5.13 Å². The molecule has 0 saturated carbocycles. The van der Waals surface area contributed by atoms with E-state index in [1.54, 1.807) is 12.1 Å². The Balaban J connectivity index is 1.22. The first-order valence-electron chi connectivity index (χ1n) is 11.6. The highest BCUT2D eigenvalue weighted by Crippen LogP contribution is 2.29. The molecule has 1 aliphatic heterocycles. The summed E-state index contributed by atoms with van der Waals surface area (Å²) in [6.07, 6.45) is 0. The third kappa shape index (κ3) is 6.72. The van der Waals surface area contributed by atoms with Crippen molar-refractivity contribution in [1.82, 2.24) is 14.8 Å². The van der Waals surface area contributed by atoms with Gasteiger partial charge in [-0.1, -0.05) is 12.1 Å². The van der Waals surface area contributed by atoms with Gasteiger partial charge in [-0.15, -0.1) is 11.3 Å². The Morgan fingerprint density at radius 1 is 0.914 bits per heavy atom. The molecular formula is C26H30FN5O2S. The number of nitrogens with zero attached hydrogens (tertiary/aromatic N) is 3. The van der Waals surface area contributed by atoms with Crippen LogP contribution < -0.4 is 10.6 Å². The lowest BCUT2D eigenvalue weighted by Crippen LogP contribution is -2.50. The Morgan fingerprint density at radius 2 is 1.54 bits per heavy atom. The minimum absolute atomic E-state index is 0.0972. The van der Waals surface area contributed by atoms with E-state index in [1.807, 2.05) is 10.3 Å². The number of thiazole rings is 1. The monoisotopic (exact) mass is 495 g/mol. The van der Waals surface area contributed by atoms with Crippen LogP contribution in [0.3, 0.4) is 0 Å². The first kappa shape index (κ1) is 25.0. The van der Waals surface area contributed by atoms with Gasteiger partial charge in [0.1, 0.15) is 5.82 Å². The lowest BCUT2D eigenvalue weighted by atomic mass is 9.99. The Labute approximate surface area is 209 Å². The van der Waals surface area contributed by atoms with Gasteiger partial charge in [-0.2, -0.15) is 0 Å². The van der Waals surface area contributed by atoms with E-state index in [9.17, 15) is 14.0 Å². The molecule has 184 valence electrons. The fourth-order valence-corrected chi connectivity index (χ4v) is 4.86. The number of rotatable bonds is 7. The van der Waals surface area contributed by atoms with Crippen LogP contribution in [0.25, 0.3) is 11.3 Å². The number of carbonyl (C=O) groups excluding carboxylic acids is 2. The molecule has 0 spiro atoms. The summed E-state index contributed by atoms with van der Waals surface area (Å²) in [5, 5.41) is 8.20. The maximum Gasteiger partial charge on any atom is 0.240 e. The van der Waals surface area contributed by atoms with E-state index in [4.69, 9.17) is 0 Å². The second-order valence-corrected chi connectivity index (χ2v) is 9.81. The second kappa shape index (κ2) is 11.1. The molecule has 0 unspecified atom stereocenters. The zero-order valence-corrected chi connectivity index (χ0v) is 21.0. The van der Waals surface area contributed by atoms with Crippen LogP contribution in [0.15, 0.2) is 41.8 Å². The second-order valence-electron chi connectivity index (χ2n) is 8.95. The lowest BCUT2D eigenvalue weighted by molar-refractivity contribution is -0.120. The van der Waals surface area contributed by atoms with Crippen LogP contribution in [0.2, 0.25) is 0 Å². The number of benzene rings is 2. The maximum absolute atomic E-state index is 13.3. The molecule has 2 heterocycles. The molecule has 0 atom stereocenters. The minimum Gasteiger partial charge on any atom is -0.325 e. The average molecular weight is 496 g/mol. The van der Waals surface area contributed by atoms with Crippen LogP contribution in [0, 0.1) is 26.6 Å². The summed E-state index contributed by atoms with van der Waals surface area (Å²) < 4.78 is 13.3. The van der Waals surface area contributed by atoms with Crippen molar-refractivity contribution in [2.24, 2.45) is 0 Å². The number of anilines is 2. The van der Waals surface area contributed by atoms with Crippen molar-refractivity contribution in [3.8, 4) is 11.3 Å². The molecule has 0 bridgehead atoms. The first-order chi connectivity index (χ1) is 16.8. The predicted octanol–water partition coefficient (Wildman–Crippen LogP) is 4.07. The fraction of sp³-hybridized carbons (Fsp3) is 0.346. The Morgan fingerprint density at radius 3 is 2.20 bits per heavy atom. The van der Waals surface area contributed by atoms with Gasteiger partial charge in [-0.25, -0.2) is 9.37 Å². The largest absolute Gasteiger partial charge is 0.325 e. The molecule has 4 rings (SSSR count). The number of hydrogen-bond donors (Lipinski definition) is 2. The minimum atomic E-state index is -0.385. The number of hydrogen-bond acceptors (Lipinski definition) is 6. The average Bonchev–Trinajstić information content (AvgIpc) is 3.25. The van der Waals surface area contributed by atoms with Gasteiger partial charge < -0.3 is 10.6 Å². The van der Waals surface area contributed by atoms with E-state index in [0.29, 0.717) is 37.0 Å². The summed E-state index contributed by atoms with van der Waals surface area (Å²) in [7, 11) is 0. The van der Waals surface area contributed by atoms with Gasteiger partial charge >= 0.3 is 0 Å². The maximum atomic E-state index is 13.3. The molecule has 3 aromatic rings. The van der Waals surface area contributed by atoms with Gasteiger partial charge in [0.2, 0.25) is 11.8 Å². The smallest absolute Gasteiger partial charge is 0.240 e. The number of aromatic nitrogens is 1. The summed E-state index contributed by atoms with van der Waals surface area (Å²) in [5.74, 6) is -0.663. The van der Waals surface area contributed by atoms with E-state index >= 15 is 0 Å². The first-order valence-corrected chi connectivity index (χ1v) is 12.5. The van der Waals surface area contributed by atoms with Crippen molar-refractivity contribution in [2.75, 3.05) is 49.9 Å². The zero-order chi connectivity index (χ0) is 24.9. The van der Waals surface area contributed by atoms with Gasteiger partial charge in [-0.05, 0) is 61.7 Å². The van der Waals surface area contributed by atoms with Gasteiger partial charge in [0, 0.05) is 42.8 Å². The fourth-order valence-electron chi connectivity index (χ4n) is 4.13. The van der Waals surface area contributed by atoms with Crippen molar-refractivity contribution in [2.45, 2.75) is 20.8 Å². The molecule has 35 heavy (non-hydrogen) atoms. The van der Waals surface area contributed by atoms with E-state index in [2.05, 4.69) is 53.4 Å². The normalized spacial score (nSPS) is 14.6. The van der Waals surface area contributed by atoms with Gasteiger partial charge in [0.25, 0.3) is 0 Å². The number of amides is 2. The molecule has 2 N–H and O–H groups in total. The van der Waals surface area contributed by atoms with Crippen molar-refractivity contribution in [3.05, 3.63) is 64.3 Å². The number of nitrogens with one attached hydrogen (secondary N) is 2. The molecule has 2 amide bonds. The summed E-state index contributed by atoms with van der Waals surface area (Å²) in [6, 6.07) is 10.2. The van der Waals surface area contributed by atoms with Gasteiger partial charge in [-0.3, -0.25) is 19.4 Å². The number of carbonyl (C=O) groups is 2. The number of aryl methyl sites for hydroxylation is 3. The van der Waals surface area contributed by atoms with E-state index in [-0.39, 0.29) is 30.7 Å². The summed E-state index contributed by atoms with van der Waals surface area (Å²) in [6.45, 7) is 9.50. The summed E-state index contributed by atoms with van der Waals surface area (Å²) in [5.41, 5.74) is 6.04. The zero-order valence-electron chi connectivity index (χ0n) is 20.2. The summed E-state index contributed by atoms with van der Waals surface area (Å²) >= 11 is 1.42. The van der Waals surface area contributed by atoms with Crippen LogP contribution in [-0.4, -0.2) is 65.9 Å². The predicted molar refractivity (Wildman–Crippen MR) is 138 cm³/mol. The molecule has 2 aromatic carbocycles. The van der Waals surface area contributed by atoms with Crippen LogP contribution in [0.4, 0.5) is 15.2 Å². The highest BCUT2D eigenvalue weighted by atomic mass is 32.1. The molecule has 0 aliphatic carbocycles. The van der Waals surface area contributed by atoms with Crippen molar-refractivity contribution < 1.29 is 14.0 Å². The highest BCUT2D eigenvalue weighted by molar-refractivity contribution is 7.14. The van der Waals surface area contributed by atoms with E-state index in [1.165, 1.54) is 40.2 Å². The molecule has 7 nitrogen and oxygen atoms in total. The third-order valence-corrected chi connectivity index (χ3v) is 6.93. The SMILES string of the molecule is Cc1cc(C)c(-c2csc(NC(=O)CN3CCN(CC(=O)Nc4cccc(F)c4)CC3)n2)cc1C. The Hall–Kier alpha value is -3.14. The van der Waals surface area contributed by atoms with Crippen LogP contribution in [-0.2, 0) is 9.59 Å². The standard InChI is InChI=1S/C26H30FN5O2S/c1-17-11-19(3)22(12-18(17)2)23-16-35-26(29-23)30-25(34)15-32-9-7-31(8-10-32)14-24(33)28-21-6-4-5-20(27)13-21/h4-6,11-13,16H,7-10,14-15H2,1-3H3,(H,28,33)(H,29,30,34). The van der Waals surface area contributed by atoms with Crippen molar-refractivity contribution in [1.29, 1.82) is 0 Å². The molecule has 1 saturated heterocycles. The summed E-state index contributed by atoms with van der Waals surface area (Å²) in [4.78, 5) is 33.6. The molecular weight excluding hydrogens is 465 g/mol. The van der Waals surface area contributed by atoms with Crippen LogP contribution >= 0.6 is 11.3 Å². The molecule has 1 aromatic heterocycles. The van der Waals surface area contributed by atoms with E-state index in [0.717, 1.165) is 11.3 Å².